The summed E-state index contributed by atoms with van der Waals surface area (Å²) in [5, 5.41) is 32.8. The van der Waals surface area contributed by atoms with Gasteiger partial charge in [0.05, 0.1) is 24.5 Å². The van der Waals surface area contributed by atoms with Crippen molar-refractivity contribution in [1.82, 2.24) is 0 Å². The normalized spacial score (nSPS) is 56.7. The number of rotatable bonds is 0. The number of hydrogen-bond donors (Lipinski definition) is 3. The first-order valence-electron chi connectivity index (χ1n) is 7.35. The third-order valence-corrected chi connectivity index (χ3v) is 6.44. The highest BCUT2D eigenvalue weighted by molar-refractivity contribution is 5.92. The van der Waals surface area contributed by atoms with Crippen molar-refractivity contribution in [3.05, 3.63) is 0 Å². The van der Waals surface area contributed by atoms with Gasteiger partial charge in [0.15, 0.2) is 5.78 Å². The maximum atomic E-state index is 12.5. The molecule has 6 nitrogen and oxygen atoms in total. The summed E-state index contributed by atoms with van der Waals surface area (Å²) in [5.41, 5.74) is -6.12. The van der Waals surface area contributed by atoms with Crippen LogP contribution in [-0.2, 0) is 14.3 Å². The van der Waals surface area contributed by atoms with E-state index in [1.54, 1.807) is 13.8 Å². The maximum absolute atomic E-state index is 12.5. The SMILES string of the molecule is C[C@H]1C[C@@H](O)[C@]2(O)[C@@]3(C)COC(=O)C[C@]12[C@](C)(O)C(=O)C3. The van der Waals surface area contributed by atoms with Gasteiger partial charge in [0.2, 0.25) is 0 Å². The first kappa shape index (κ1) is 14.9. The molecule has 2 bridgehead atoms. The van der Waals surface area contributed by atoms with Gasteiger partial charge >= 0.3 is 5.97 Å². The summed E-state index contributed by atoms with van der Waals surface area (Å²) in [6.07, 6.45) is -1.26. The van der Waals surface area contributed by atoms with E-state index in [4.69, 9.17) is 4.74 Å². The molecule has 3 N–H and O–H groups in total. The summed E-state index contributed by atoms with van der Waals surface area (Å²) in [6.45, 7) is 4.63. The third kappa shape index (κ3) is 1.34. The van der Waals surface area contributed by atoms with Crippen molar-refractivity contribution in [2.75, 3.05) is 6.61 Å². The van der Waals surface area contributed by atoms with Crippen LogP contribution in [0.3, 0.4) is 0 Å². The molecule has 3 aliphatic rings. The molecule has 2 saturated carbocycles. The van der Waals surface area contributed by atoms with Gasteiger partial charge < -0.3 is 20.1 Å². The molecule has 1 heterocycles. The fraction of sp³-hybridized carbons (Fsp3) is 0.867. The number of Topliss-reactive ketones (excluding diaryl/α,β-unsaturated/α-hetero) is 1. The fourth-order valence-corrected chi connectivity index (χ4v) is 5.24. The van der Waals surface area contributed by atoms with Crippen LogP contribution >= 0.6 is 0 Å². The lowest BCUT2D eigenvalue weighted by atomic mass is 9.45. The smallest absolute Gasteiger partial charge is 0.306 e. The second-order valence-electron chi connectivity index (χ2n) is 7.46. The minimum absolute atomic E-state index is 0.129. The molecule has 0 spiro atoms. The number of carbonyl (C=O) groups is 2. The molecular weight excluding hydrogens is 276 g/mol. The molecule has 0 aromatic rings. The zero-order chi connectivity index (χ0) is 15.8. The largest absolute Gasteiger partial charge is 0.465 e. The highest BCUT2D eigenvalue weighted by atomic mass is 16.5. The van der Waals surface area contributed by atoms with Gasteiger partial charge in [-0.15, -0.1) is 0 Å². The molecule has 3 fully saturated rings. The van der Waals surface area contributed by atoms with Gasteiger partial charge in [0.1, 0.15) is 11.2 Å². The number of aliphatic hydroxyl groups is 3. The third-order valence-electron chi connectivity index (χ3n) is 6.44. The highest BCUT2D eigenvalue weighted by Gasteiger charge is 2.81. The van der Waals surface area contributed by atoms with E-state index in [2.05, 4.69) is 0 Å². The summed E-state index contributed by atoms with van der Waals surface area (Å²) < 4.78 is 5.18. The van der Waals surface area contributed by atoms with Crippen molar-refractivity contribution in [2.24, 2.45) is 16.7 Å². The first-order chi connectivity index (χ1) is 9.53. The molecule has 3 rings (SSSR count). The summed E-state index contributed by atoms with van der Waals surface area (Å²) in [6, 6.07) is 0. The summed E-state index contributed by atoms with van der Waals surface area (Å²) in [7, 11) is 0. The van der Waals surface area contributed by atoms with Crippen molar-refractivity contribution >= 4 is 11.8 Å². The number of aliphatic hydroxyl groups excluding tert-OH is 1. The number of ether oxygens (including phenoxy) is 1. The van der Waals surface area contributed by atoms with Gasteiger partial charge in [-0.25, -0.2) is 0 Å². The average Bonchev–Trinajstić information content (AvgIpc) is 2.53. The van der Waals surface area contributed by atoms with Crippen molar-refractivity contribution in [3.63, 3.8) is 0 Å². The Bertz CT molecular complexity index is 528. The Kier molecular flexibility index (Phi) is 2.74. The Morgan fingerprint density at radius 3 is 2.43 bits per heavy atom. The quantitative estimate of drug-likeness (QED) is 0.534. The standard InChI is InChI=1S/C15H22O6/c1-8-4-9(16)15(20)12(2)5-10(17)13(3,19)14(8,15)6-11(18)21-7-12/h8-9,16,19-20H,4-7H2,1-3H3/t8-,9+,12+,13+,14+,15-/m0/s1. The molecule has 1 saturated heterocycles. The number of ketones is 1. The molecule has 1 aliphatic heterocycles. The lowest BCUT2D eigenvalue weighted by Crippen LogP contribution is -2.75. The van der Waals surface area contributed by atoms with Gasteiger partial charge in [-0.05, 0) is 19.3 Å². The molecule has 0 aromatic heterocycles. The van der Waals surface area contributed by atoms with Crippen molar-refractivity contribution < 1.29 is 29.6 Å². The van der Waals surface area contributed by atoms with Crippen molar-refractivity contribution in [3.8, 4) is 0 Å². The molecule has 6 heteroatoms. The van der Waals surface area contributed by atoms with Crippen LogP contribution in [0.2, 0.25) is 0 Å². The number of cyclic esters (lactones) is 1. The van der Waals surface area contributed by atoms with Gasteiger partial charge in [-0.3, -0.25) is 9.59 Å². The number of carbonyl (C=O) groups excluding carboxylic acids is 2. The van der Waals surface area contributed by atoms with E-state index in [-0.39, 0.29) is 31.8 Å². The highest BCUT2D eigenvalue weighted by Crippen LogP contribution is 2.69. The van der Waals surface area contributed by atoms with E-state index in [0.29, 0.717) is 0 Å². The van der Waals surface area contributed by atoms with Crippen molar-refractivity contribution in [1.29, 1.82) is 0 Å². The van der Waals surface area contributed by atoms with Crippen LogP contribution in [0.15, 0.2) is 0 Å². The molecular formula is C15H22O6. The Morgan fingerprint density at radius 1 is 1.19 bits per heavy atom. The van der Waals surface area contributed by atoms with Crippen LogP contribution in [0, 0.1) is 16.7 Å². The Labute approximate surface area is 123 Å². The van der Waals surface area contributed by atoms with Crippen molar-refractivity contribution in [2.45, 2.75) is 57.3 Å². The minimum atomic E-state index is -1.87. The monoisotopic (exact) mass is 298 g/mol. The minimum Gasteiger partial charge on any atom is -0.465 e. The molecule has 118 valence electrons. The Balaban J connectivity index is 2.35. The first-order valence-corrected chi connectivity index (χ1v) is 7.35. The van der Waals surface area contributed by atoms with E-state index in [9.17, 15) is 24.9 Å². The second-order valence-corrected chi connectivity index (χ2v) is 7.46. The zero-order valence-corrected chi connectivity index (χ0v) is 12.5. The van der Waals surface area contributed by atoms with E-state index in [1.165, 1.54) is 6.92 Å². The van der Waals surface area contributed by atoms with Crippen LogP contribution < -0.4 is 0 Å². The number of hydrogen-bond acceptors (Lipinski definition) is 6. The molecule has 0 unspecified atom stereocenters. The molecule has 0 aromatic carbocycles. The molecule has 0 radical (unpaired) electrons. The predicted octanol–water partition coefficient (Wildman–Crippen LogP) is -0.218. The molecule has 2 aliphatic carbocycles. The number of esters is 1. The summed E-state index contributed by atoms with van der Waals surface area (Å²) >= 11 is 0. The molecule has 0 amide bonds. The Hall–Kier alpha value is -0.980. The van der Waals surface area contributed by atoms with Gasteiger partial charge in [-0.1, -0.05) is 13.8 Å². The van der Waals surface area contributed by atoms with Crippen LogP contribution in [0.1, 0.15) is 40.0 Å². The van der Waals surface area contributed by atoms with Crippen LogP contribution in [0.25, 0.3) is 0 Å². The fourth-order valence-electron chi connectivity index (χ4n) is 5.24. The van der Waals surface area contributed by atoms with Gasteiger partial charge in [0.25, 0.3) is 0 Å². The Morgan fingerprint density at radius 2 is 1.81 bits per heavy atom. The van der Waals surface area contributed by atoms with E-state index in [0.717, 1.165) is 0 Å². The van der Waals surface area contributed by atoms with E-state index < -0.39 is 39.9 Å². The van der Waals surface area contributed by atoms with Crippen LogP contribution in [0.5, 0.6) is 0 Å². The van der Waals surface area contributed by atoms with Crippen LogP contribution in [-0.4, -0.2) is 51.0 Å². The molecule has 21 heavy (non-hydrogen) atoms. The van der Waals surface area contributed by atoms with Crippen LogP contribution in [0.4, 0.5) is 0 Å². The topological polar surface area (TPSA) is 104 Å². The summed E-state index contributed by atoms with van der Waals surface area (Å²) in [5.74, 6) is -1.34. The summed E-state index contributed by atoms with van der Waals surface area (Å²) in [4.78, 5) is 24.6. The second kappa shape index (κ2) is 3.86. The zero-order valence-electron chi connectivity index (χ0n) is 12.5. The lowest BCUT2D eigenvalue weighted by molar-refractivity contribution is -0.270. The maximum Gasteiger partial charge on any atom is 0.306 e. The van der Waals surface area contributed by atoms with Gasteiger partial charge in [-0.2, -0.15) is 0 Å². The van der Waals surface area contributed by atoms with Gasteiger partial charge in [0, 0.05) is 11.8 Å². The van der Waals surface area contributed by atoms with E-state index in [1.807, 2.05) is 0 Å². The lowest BCUT2D eigenvalue weighted by Gasteiger charge is -2.61. The molecule has 6 atom stereocenters. The predicted molar refractivity (Wildman–Crippen MR) is 71.1 cm³/mol. The van der Waals surface area contributed by atoms with E-state index >= 15 is 0 Å². The average molecular weight is 298 g/mol.